The number of rotatable bonds is 8. The van der Waals surface area contributed by atoms with Gasteiger partial charge in [0, 0.05) is 11.8 Å². The molecule has 0 aliphatic heterocycles. The SMILES string of the molecule is CCSCC(C)NC(=O)Nc1ccccc1OCC(=O)O. The fourth-order valence-corrected chi connectivity index (χ4v) is 2.23. The number of carbonyl (C=O) groups is 2. The van der Waals surface area contributed by atoms with Gasteiger partial charge in [-0.05, 0) is 24.8 Å². The van der Waals surface area contributed by atoms with E-state index in [0.717, 1.165) is 11.5 Å². The summed E-state index contributed by atoms with van der Waals surface area (Å²) in [7, 11) is 0. The first-order valence-electron chi connectivity index (χ1n) is 6.61. The molecule has 0 aromatic heterocycles. The van der Waals surface area contributed by atoms with Crippen LogP contribution in [0.1, 0.15) is 13.8 Å². The average Bonchev–Trinajstić information content (AvgIpc) is 2.44. The van der Waals surface area contributed by atoms with E-state index in [1.54, 1.807) is 36.0 Å². The Morgan fingerprint density at radius 2 is 2.10 bits per heavy atom. The number of hydrogen-bond donors (Lipinski definition) is 3. The second-order valence-electron chi connectivity index (χ2n) is 4.34. The molecule has 116 valence electrons. The van der Waals surface area contributed by atoms with Crippen molar-refractivity contribution in [1.82, 2.24) is 5.32 Å². The van der Waals surface area contributed by atoms with Crippen LogP contribution in [0.3, 0.4) is 0 Å². The molecule has 0 fully saturated rings. The third kappa shape index (κ3) is 6.89. The smallest absolute Gasteiger partial charge is 0.341 e. The lowest BCUT2D eigenvalue weighted by molar-refractivity contribution is -0.139. The lowest BCUT2D eigenvalue weighted by Gasteiger charge is -2.15. The predicted octanol–water partition coefficient (Wildman–Crippen LogP) is 2.41. The van der Waals surface area contributed by atoms with Crippen molar-refractivity contribution in [3.63, 3.8) is 0 Å². The summed E-state index contributed by atoms with van der Waals surface area (Å²) in [5.74, 6) is 1.09. The lowest BCUT2D eigenvalue weighted by Crippen LogP contribution is -2.37. The molecule has 1 unspecified atom stereocenters. The highest BCUT2D eigenvalue weighted by Crippen LogP contribution is 2.23. The number of hydrogen-bond acceptors (Lipinski definition) is 4. The Kier molecular flexibility index (Phi) is 7.45. The largest absolute Gasteiger partial charge is 0.480 e. The first kappa shape index (κ1) is 17.2. The van der Waals surface area contributed by atoms with Crippen molar-refractivity contribution in [3.8, 4) is 5.75 Å². The number of benzene rings is 1. The zero-order valence-electron chi connectivity index (χ0n) is 12.1. The first-order chi connectivity index (χ1) is 10.0. The van der Waals surface area contributed by atoms with Gasteiger partial charge in [0.2, 0.25) is 0 Å². The number of nitrogens with one attached hydrogen (secondary N) is 2. The Bertz CT molecular complexity index is 482. The summed E-state index contributed by atoms with van der Waals surface area (Å²) >= 11 is 1.75. The highest BCUT2D eigenvalue weighted by Gasteiger charge is 2.11. The van der Waals surface area contributed by atoms with Crippen molar-refractivity contribution >= 4 is 29.4 Å². The quantitative estimate of drug-likeness (QED) is 0.686. The highest BCUT2D eigenvalue weighted by molar-refractivity contribution is 7.99. The summed E-state index contributed by atoms with van der Waals surface area (Å²) < 4.78 is 5.12. The number of carboxylic acid groups (broad SMARTS) is 1. The summed E-state index contributed by atoms with van der Waals surface area (Å²) in [5.41, 5.74) is 0.437. The normalized spacial score (nSPS) is 11.5. The van der Waals surface area contributed by atoms with Crippen LogP contribution in [0.4, 0.5) is 10.5 Å². The molecule has 3 N–H and O–H groups in total. The maximum absolute atomic E-state index is 11.9. The van der Waals surface area contributed by atoms with E-state index in [-0.39, 0.29) is 12.1 Å². The Morgan fingerprint density at radius 3 is 2.76 bits per heavy atom. The maximum Gasteiger partial charge on any atom is 0.341 e. The number of aliphatic carboxylic acids is 1. The number of amides is 2. The molecule has 0 bridgehead atoms. The van der Waals surface area contributed by atoms with Crippen molar-refractivity contribution in [2.45, 2.75) is 19.9 Å². The molecule has 1 rings (SSSR count). The van der Waals surface area contributed by atoms with Crippen LogP contribution >= 0.6 is 11.8 Å². The van der Waals surface area contributed by atoms with Gasteiger partial charge in [0.15, 0.2) is 6.61 Å². The Morgan fingerprint density at radius 1 is 1.38 bits per heavy atom. The van der Waals surface area contributed by atoms with Crippen LogP contribution in [0.2, 0.25) is 0 Å². The van der Waals surface area contributed by atoms with E-state index in [1.807, 2.05) is 6.92 Å². The van der Waals surface area contributed by atoms with Crippen LogP contribution in [0, 0.1) is 0 Å². The van der Waals surface area contributed by atoms with Crippen molar-refractivity contribution in [2.24, 2.45) is 0 Å². The minimum absolute atomic E-state index is 0.0436. The molecule has 7 heteroatoms. The zero-order chi connectivity index (χ0) is 15.7. The Balaban J connectivity index is 2.57. The van der Waals surface area contributed by atoms with E-state index in [1.165, 1.54) is 0 Å². The minimum Gasteiger partial charge on any atom is -0.480 e. The molecule has 0 aliphatic carbocycles. The second-order valence-corrected chi connectivity index (χ2v) is 5.66. The topological polar surface area (TPSA) is 87.7 Å². The number of urea groups is 1. The van der Waals surface area contributed by atoms with Gasteiger partial charge >= 0.3 is 12.0 Å². The van der Waals surface area contributed by atoms with E-state index < -0.39 is 12.6 Å². The number of carboxylic acids is 1. The van der Waals surface area contributed by atoms with Crippen LogP contribution < -0.4 is 15.4 Å². The van der Waals surface area contributed by atoms with Crippen LogP contribution in [0.15, 0.2) is 24.3 Å². The summed E-state index contributed by atoms with van der Waals surface area (Å²) in [6.45, 7) is 3.53. The highest BCUT2D eigenvalue weighted by atomic mass is 32.2. The van der Waals surface area contributed by atoms with Crippen LogP contribution in [-0.4, -0.2) is 41.3 Å². The Hall–Kier alpha value is -1.89. The van der Waals surface area contributed by atoms with E-state index in [0.29, 0.717) is 11.4 Å². The number of thioether (sulfide) groups is 1. The molecule has 1 atom stereocenters. The van der Waals surface area contributed by atoms with Crippen molar-refractivity contribution in [1.29, 1.82) is 0 Å². The molecule has 0 radical (unpaired) electrons. The molecule has 21 heavy (non-hydrogen) atoms. The third-order valence-electron chi connectivity index (χ3n) is 2.44. The average molecular weight is 312 g/mol. The van der Waals surface area contributed by atoms with Gasteiger partial charge in [0.25, 0.3) is 0 Å². The molecule has 1 aromatic carbocycles. The molecule has 0 saturated heterocycles. The van der Waals surface area contributed by atoms with Crippen molar-refractivity contribution in [2.75, 3.05) is 23.4 Å². The van der Waals surface area contributed by atoms with Gasteiger partial charge in [0.1, 0.15) is 5.75 Å². The summed E-state index contributed by atoms with van der Waals surface area (Å²) in [6, 6.07) is 6.41. The minimum atomic E-state index is -1.07. The zero-order valence-corrected chi connectivity index (χ0v) is 12.9. The number of anilines is 1. The monoisotopic (exact) mass is 312 g/mol. The molecule has 0 heterocycles. The van der Waals surface area contributed by atoms with Gasteiger partial charge in [-0.2, -0.15) is 11.8 Å². The van der Waals surface area contributed by atoms with Crippen molar-refractivity contribution in [3.05, 3.63) is 24.3 Å². The fourth-order valence-electron chi connectivity index (χ4n) is 1.55. The van der Waals surface area contributed by atoms with Crippen LogP contribution in [0.5, 0.6) is 5.75 Å². The summed E-state index contributed by atoms with van der Waals surface area (Å²) in [5, 5.41) is 14.1. The molecule has 0 spiro atoms. The molecule has 6 nitrogen and oxygen atoms in total. The predicted molar refractivity (Wildman–Crippen MR) is 84.2 cm³/mol. The number of ether oxygens (including phenoxy) is 1. The number of para-hydroxylation sites is 2. The molecule has 2 amide bonds. The third-order valence-corrected chi connectivity index (χ3v) is 3.58. The van der Waals surface area contributed by atoms with E-state index in [2.05, 4.69) is 17.6 Å². The summed E-state index contributed by atoms with van der Waals surface area (Å²) in [6.07, 6.45) is 0. The standard InChI is InChI=1S/C14H20N2O4S/c1-3-21-9-10(2)15-14(19)16-11-6-4-5-7-12(11)20-8-13(17)18/h4-7,10H,3,8-9H2,1-2H3,(H,17,18)(H2,15,16,19). The molecular weight excluding hydrogens is 292 g/mol. The Labute approximate surface area is 128 Å². The van der Waals surface area contributed by atoms with Crippen LogP contribution in [0.25, 0.3) is 0 Å². The van der Waals surface area contributed by atoms with Gasteiger partial charge in [-0.3, -0.25) is 0 Å². The van der Waals surface area contributed by atoms with Gasteiger partial charge in [-0.15, -0.1) is 0 Å². The fraction of sp³-hybridized carbons (Fsp3) is 0.429. The second kappa shape index (κ2) is 9.12. The summed E-state index contributed by atoms with van der Waals surface area (Å²) in [4.78, 5) is 22.4. The molecule has 0 saturated carbocycles. The van der Waals surface area contributed by atoms with Gasteiger partial charge in [-0.1, -0.05) is 19.1 Å². The molecular formula is C14H20N2O4S. The molecule has 0 aliphatic rings. The number of carbonyl (C=O) groups excluding carboxylic acids is 1. The van der Waals surface area contributed by atoms with Crippen LogP contribution in [-0.2, 0) is 4.79 Å². The first-order valence-corrected chi connectivity index (χ1v) is 7.77. The maximum atomic E-state index is 11.9. The molecule has 1 aromatic rings. The van der Waals surface area contributed by atoms with Gasteiger partial charge in [-0.25, -0.2) is 9.59 Å². The lowest BCUT2D eigenvalue weighted by atomic mass is 10.3. The van der Waals surface area contributed by atoms with Gasteiger partial charge < -0.3 is 20.5 Å². The van der Waals surface area contributed by atoms with E-state index in [4.69, 9.17) is 9.84 Å². The van der Waals surface area contributed by atoms with E-state index >= 15 is 0 Å². The van der Waals surface area contributed by atoms with Gasteiger partial charge in [0.05, 0.1) is 5.69 Å². The van der Waals surface area contributed by atoms with Crippen molar-refractivity contribution < 1.29 is 19.4 Å². The van der Waals surface area contributed by atoms with E-state index in [9.17, 15) is 9.59 Å².